The summed E-state index contributed by atoms with van der Waals surface area (Å²) < 4.78 is 13.7. The molecule has 1 amide bonds. The van der Waals surface area contributed by atoms with Crippen molar-refractivity contribution in [3.8, 4) is 0 Å². The van der Waals surface area contributed by atoms with Gasteiger partial charge in [0.05, 0.1) is 16.6 Å². The van der Waals surface area contributed by atoms with E-state index < -0.39 is 0 Å². The van der Waals surface area contributed by atoms with Gasteiger partial charge in [0.2, 0.25) is 5.91 Å². The van der Waals surface area contributed by atoms with Gasteiger partial charge in [0.1, 0.15) is 11.6 Å². The van der Waals surface area contributed by atoms with Crippen molar-refractivity contribution in [2.75, 3.05) is 24.5 Å². The minimum atomic E-state index is -0.279. The fraction of sp³-hybridized carbons (Fsp3) is 0.389. The van der Waals surface area contributed by atoms with Crippen LogP contribution in [0.3, 0.4) is 0 Å². The molecule has 0 saturated carbocycles. The number of amides is 1. The third-order valence-corrected chi connectivity index (χ3v) is 4.97. The van der Waals surface area contributed by atoms with E-state index in [9.17, 15) is 9.18 Å². The topological polar surface area (TPSA) is 58.1 Å². The third kappa shape index (κ3) is 4.75. The number of aromatic nitrogens is 2. The zero-order chi connectivity index (χ0) is 17.6. The van der Waals surface area contributed by atoms with E-state index in [4.69, 9.17) is 0 Å². The average molecular weight is 407 g/mol. The van der Waals surface area contributed by atoms with E-state index in [-0.39, 0.29) is 17.6 Å². The minimum Gasteiger partial charge on any atom is -0.355 e. The third-order valence-electron chi connectivity index (χ3n) is 4.36. The lowest BCUT2D eigenvalue weighted by Gasteiger charge is -2.32. The molecule has 0 bridgehead atoms. The highest BCUT2D eigenvalue weighted by Gasteiger charge is 2.26. The minimum absolute atomic E-state index is 0.0456. The molecule has 5 nitrogen and oxygen atoms in total. The molecule has 25 heavy (non-hydrogen) atoms. The quantitative estimate of drug-likeness (QED) is 0.828. The largest absolute Gasteiger partial charge is 0.355 e. The first-order valence-electron chi connectivity index (χ1n) is 8.36. The van der Waals surface area contributed by atoms with Gasteiger partial charge in [-0.05, 0) is 52.9 Å². The van der Waals surface area contributed by atoms with Gasteiger partial charge in [-0.3, -0.25) is 9.78 Å². The Morgan fingerprint density at radius 3 is 3.04 bits per heavy atom. The average Bonchev–Trinajstić information content (AvgIpc) is 2.65. The number of hydrogen-bond donors (Lipinski definition) is 1. The van der Waals surface area contributed by atoms with Crippen LogP contribution in [0, 0.1) is 11.7 Å². The smallest absolute Gasteiger partial charge is 0.224 e. The molecule has 7 heteroatoms. The first-order chi connectivity index (χ1) is 12.1. The Labute approximate surface area is 154 Å². The lowest BCUT2D eigenvalue weighted by Crippen LogP contribution is -2.43. The Balaban J connectivity index is 1.50. The number of anilines is 1. The van der Waals surface area contributed by atoms with Crippen LogP contribution in [0.2, 0.25) is 0 Å². The maximum Gasteiger partial charge on any atom is 0.224 e. The standard InChI is InChI=1S/C18H20BrFN4O/c19-15-10-13(3-4-16(15)20)5-6-23-18(25)14-2-1-9-24(12-14)17-11-21-7-8-22-17/h3-4,7-8,10-11,14H,1-2,5-6,9,12H2,(H,23,25)/t14-/m0/s1. The number of piperidine rings is 1. The monoisotopic (exact) mass is 406 g/mol. The second-order valence-corrected chi connectivity index (χ2v) is 6.99. The Morgan fingerprint density at radius 1 is 1.40 bits per heavy atom. The van der Waals surface area contributed by atoms with Crippen molar-refractivity contribution in [2.45, 2.75) is 19.3 Å². The van der Waals surface area contributed by atoms with Crippen molar-refractivity contribution in [3.05, 3.63) is 52.6 Å². The van der Waals surface area contributed by atoms with Gasteiger partial charge < -0.3 is 10.2 Å². The number of rotatable bonds is 5. The van der Waals surface area contributed by atoms with Crippen LogP contribution < -0.4 is 10.2 Å². The fourth-order valence-corrected chi connectivity index (χ4v) is 3.45. The molecule has 1 saturated heterocycles. The zero-order valence-electron chi connectivity index (χ0n) is 13.8. The van der Waals surface area contributed by atoms with Crippen molar-refractivity contribution in [1.29, 1.82) is 0 Å². The van der Waals surface area contributed by atoms with Gasteiger partial charge >= 0.3 is 0 Å². The molecule has 2 heterocycles. The molecule has 1 N–H and O–H groups in total. The van der Waals surface area contributed by atoms with Crippen molar-refractivity contribution in [1.82, 2.24) is 15.3 Å². The van der Waals surface area contributed by atoms with Crippen LogP contribution in [-0.2, 0) is 11.2 Å². The van der Waals surface area contributed by atoms with Crippen molar-refractivity contribution >= 4 is 27.7 Å². The highest BCUT2D eigenvalue weighted by Crippen LogP contribution is 2.21. The number of carbonyl (C=O) groups excluding carboxylic acids is 1. The normalized spacial score (nSPS) is 17.4. The lowest BCUT2D eigenvalue weighted by molar-refractivity contribution is -0.125. The van der Waals surface area contributed by atoms with Crippen LogP contribution in [0.4, 0.5) is 10.2 Å². The summed E-state index contributed by atoms with van der Waals surface area (Å²) in [6.07, 6.45) is 7.55. The summed E-state index contributed by atoms with van der Waals surface area (Å²) in [4.78, 5) is 23.0. The highest BCUT2D eigenvalue weighted by molar-refractivity contribution is 9.10. The van der Waals surface area contributed by atoms with Gasteiger partial charge in [0.25, 0.3) is 0 Å². The number of halogens is 2. The van der Waals surface area contributed by atoms with Crippen molar-refractivity contribution < 1.29 is 9.18 Å². The molecule has 1 aromatic heterocycles. The van der Waals surface area contributed by atoms with E-state index >= 15 is 0 Å². The highest BCUT2D eigenvalue weighted by atomic mass is 79.9. The van der Waals surface area contributed by atoms with Crippen LogP contribution in [0.15, 0.2) is 41.3 Å². The van der Waals surface area contributed by atoms with Gasteiger partial charge in [-0.2, -0.15) is 0 Å². The van der Waals surface area contributed by atoms with Gasteiger partial charge in [0.15, 0.2) is 0 Å². The molecule has 1 aliphatic rings. The summed E-state index contributed by atoms with van der Waals surface area (Å²) in [6, 6.07) is 4.92. The summed E-state index contributed by atoms with van der Waals surface area (Å²) >= 11 is 3.18. The Kier molecular flexibility index (Phi) is 5.96. The predicted octanol–water partition coefficient (Wildman–Crippen LogP) is 2.95. The van der Waals surface area contributed by atoms with E-state index in [0.29, 0.717) is 24.0 Å². The fourth-order valence-electron chi connectivity index (χ4n) is 3.02. The van der Waals surface area contributed by atoms with Crippen LogP contribution in [0.5, 0.6) is 0 Å². The summed E-state index contributed by atoms with van der Waals surface area (Å²) in [5, 5.41) is 3.00. The molecular formula is C18H20BrFN4O. The Bertz CT molecular complexity index is 728. The van der Waals surface area contributed by atoms with Crippen molar-refractivity contribution in [3.63, 3.8) is 0 Å². The Morgan fingerprint density at radius 2 is 2.28 bits per heavy atom. The van der Waals surface area contributed by atoms with Gasteiger partial charge in [0, 0.05) is 32.0 Å². The number of benzene rings is 1. The maximum atomic E-state index is 13.2. The number of nitrogens with zero attached hydrogens (tertiary/aromatic N) is 3. The summed E-state index contributed by atoms with van der Waals surface area (Å²) in [7, 11) is 0. The number of hydrogen-bond acceptors (Lipinski definition) is 4. The van der Waals surface area contributed by atoms with Gasteiger partial charge in [-0.15, -0.1) is 0 Å². The first kappa shape index (κ1) is 17.8. The molecule has 1 atom stereocenters. The van der Waals surface area contributed by atoms with E-state index in [1.54, 1.807) is 30.7 Å². The molecule has 0 spiro atoms. The first-order valence-corrected chi connectivity index (χ1v) is 9.15. The molecular weight excluding hydrogens is 387 g/mol. The zero-order valence-corrected chi connectivity index (χ0v) is 15.4. The molecule has 132 valence electrons. The number of carbonyl (C=O) groups is 1. The van der Waals surface area contributed by atoms with Crippen LogP contribution >= 0.6 is 15.9 Å². The second kappa shape index (κ2) is 8.38. The van der Waals surface area contributed by atoms with Crippen LogP contribution in [0.1, 0.15) is 18.4 Å². The summed E-state index contributed by atoms with van der Waals surface area (Å²) in [6.45, 7) is 2.09. The van der Waals surface area contributed by atoms with Gasteiger partial charge in [-0.25, -0.2) is 9.37 Å². The maximum absolute atomic E-state index is 13.2. The van der Waals surface area contributed by atoms with E-state index in [1.165, 1.54) is 6.07 Å². The summed E-state index contributed by atoms with van der Waals surface area (Å²) in [5.41, 5.74) is 0.985. The molecule has 1 aromatic carbocycles. The van der Waals surface area contributed by atoms with Crippen molar-refractivity contribution in [2.24, 2.45) is 5.92 Å². The molecule has 2 aromatic rings. The molecule has 0 aliphatic carbocycles. The van der Waals surface area contributed by atoms with E-state index in [1.807, 2.05) is 0 Å². The molecule has 3 rings (SSSR count). The van der Waals surface area contributed by atoms with E-state index in [0.717, 1.165) is 30.8 Å². The van der Waals surface area contributed by atoms with Crippen LogP contribution in [0.25, 0.3) is 0 Å². The second-order valence-electron chi connectivity index (χ2n) is 6.14. The molecule has 0 unspecified atom stereocenters. The number of nitrogens with one attached hydrogen (secondary N) is 1. The lowest BCUT2D eigenvalue weighted by atomic mass is 9.97. The van der Waals surface area contributed by atoms with Gasteiger partial charge in [-0.1, -0.05) is 6.07 Å². The van der Waals surface area contributed by atoms with E-state index in [2.05, 4.69) is 36.1 Å². The molecule has 0 radical (unpaired) electrons. The van der Waals surface area contributed by atoms with Crippen LogP contribution in [-0.4, -0.2) is 35.5 Å². The molecule has 1 fully saturated rings. The summed E-state index contributed by atoms with van der Waals surface area (Å²) in [5.74, 6) is 0.556. The molecule has 1 aliphatic heterocycles. The SMILES string of the molecule is O=C(NCCc1ccc(F)c(Br)c1)[C@H]1CCCN(c2cnccn2)C1. The predicted molar refractivity (Wildman–Crippen MR) is 97.8 cm³/mol. The Hall–Kier alpha value is -2.02.